The minimum Gasteiger partial charge on any atom is -0.324 e. The number of carbonyl (C=O) groups excluding carboxylic acids is 2. The van der Waals surface area contributed by atoms with Gasteiger partial charge in [-0.2, -0.15) is 5.10 Å². The van der Waals surface area contributed by atoms with E-state index < -0.39 is 0 Å². The predicted octanol–water partition coefficient (Wildman–Crippen LogP) is 2.15. The Labute approximate surface area is 141 Å². The fourth-order valence-electron chi connectivity index (χ4n) is 2.92. The lowest BCUT2D eigenvalue weighted by molar-refractivity contribution is -0.119. The fourth-order valence-corrected chi connectivity index (χ4v) is 2.92. The molecule has 0 saturated heterocycles. The van der Waals surface area contributed by atoms with E-state index in [-0.39, 0.29) is 24.2 Å². The molecule has 6 heteroatoms. The van der Waals surface area contributed by atoms with Crippen molar-refractivity contribution in [1.29, 1.82) is 0 Å². The topological polar surface area (TPSA) is 67.2 Å². The number of rotatable bonds is 3. The molecule has 0 spiro atoms. The monoisotopic (exact) mass is 326 g/mol. The smallest absolute Gasteiger partial charge is 0.233 e. The maximum atomic E-state index is 12.9. The maximum Gasteiger partial charge on any atom is 0.233 e. The van der Waals surface area contributed by atoms with Crippen LogP contribution in [-0.4, -0.2) is 28.1 Å². The van der Waals surface area contributed by atoms with Crippen molar-refractivity contribution in [3.8, 4) is 0 Å². The van der Waals surface area contributed by atoms with Gasteiger partial charge in [-0.1, -0.05) is 26.0 Å². The number of nitrogens with zero attached hydrogens (tertiary/aromatic N) is 3. The lowest BCUT2D eigenvalue weighted by atomic mass is 10.1. The number of para-hydroxylation sites is 2. The van der Waals surface area contributed by atoms with Crippen LogP contribution < -0.4 is 10.2 Å². The lowest BCUT2D eigenvalue weighted by Gasteiger charge is -2.23. The van der Waals surface area contributed by atoms with Crippen molar-refractivity contribution in [2.45, 2.75) is 26.7 Å². The van der Waals surface area contributed by atoms with Crippen molar-refractivity contribution in [2.75, 3.05) is 16.8 Å². The van der Waals surface area contributed by atoms with Crippen LogP contribution in [0, 0.1) is 5.92 Å². The van der Waals surface area contributed by atoms with E-state index >= 15 is 0 Å². The number of fused-ring (bicyclic) bond motifs is 1. The van der Waals surface area contributed by atoms with Gasteiger partial charge in [0, 0.05) is 19.3 Å². The fraction of sp³-hybridized carbons (Fsp3) is 0.389. The van der Waals surface area contributed by atoms with Gasteiger partial charge in [-0.15, -0.1) is 0 Å². The van der Waals surface area contributed by atoms with Gasteiger partial charge >= 0.3 is 0 Å². The highest BCUT2D eigenvalue weighted by atomic mass is 16.2. The number of carbonyl (C=O) groups is 2. The Hall–Kier alpha value is -2.63. The van der Waals surface area contributed by atoms with E-state index in [4.69, 9.17) is 0 Å². The van der Waals surface area contributed by atoms with Crippen LogP contribution in [0.1, 0.15) is 25.2 Å². The molecule has 6 nitrogen and oxygen atoms in total. The molecule has 1 N–H and O–H groups in total. The predicted molar refractivity (Wildman–Crippen MR) is 92.9 cm³/mol. The number of amides is 2. The number of benzene rings is 1. The first kappa shape index (κ1) is 16.2. The van der Waals surface area contributed by atoms with Gasteiger partial charge in [0.1, 0.15) is 0 Å². The molecule has 2 aromatic rings. The summed E-state index contributed by atoms with van der Waals surface area (Å²) in [4.78, 5) is 26.8. The Kier molecular flexibility index (Phi) is 4.38. The van der Waals surface area contributed by atoms with E-state index in [1.54, 1.807) is 9.58 Å². The van der Waals surface area contributed by atoms with Crippen LogP contribution in [0.15, 0.2) is 30.3 Å². The van der Waals surface area contributed by atoms with Gasteiger partial charge in [0.2, 0.25) is 11.8 Å². The molecule has 3 rings (SSSR count). The zero-order valence-corrected chi connectivity index (χ0v) is 14.2. The summed E-state index contributed by atoms with van der Waals surface area (Å²) in [5, 5.41) is 7.29. The largest absolute Gasteiger partial charge is 0.324 e. The molecule has 126 valence electrons. The molecule has 1 aromatic heterocycles. The molecule has 0 radical (unpaired) electrons. The first-order valence-corrected chi connectivity index (χ1v) is 8.21. The zero-order valence-electron chi connectivity index (χ0n) is 14.2. The summed E-state index contributed by atoms with van der Waals surface area (Å²) in [6, 6.07) is 9.39. The van der Waals surface area contributed by atoms with Gasteiger partial charge in [-0.25, -0.2) is 0 Å². The second kappa shape index (κ2) is 6.47. The maximum absolute atomic E-state index is 12.9. The number of aromatic nitrogens is 2. The molecule has 1 aliphatic heterocycles. The highest BCUT2D eigenvalue weighted by Gasteiger charge is 2.28. The van der Waals surface area contributed by atoms with Crippen molar-refractivity contribution in [3.63, 3.8) is 0 Å². The molecule has 24 heavy (non-hydrogen) atoms. The Balaban J connectivity index is 1.90. The average Bonchev–Trinajstić information content (AvgIpc) is 2.86. The third kappa shape index (κ3) is 3.04. The van der Waals surface area contributed by atoms with Gasteiger partial charge in [-0.3, -0.25) is 14.3 Å². The minimum atomic E-state index is -0.265. The van der Waals surface area contributed by atoms with Crippen molar-refractivity contribution in [1.82, 2.24) is 9.78 Å². The number of nitrogens with one attached hydrogen (secondary N) is 1. The summed E-state index contributed by atoms with van der Waals surface area (Å²) in [5.74, 6) is -0.359. The molecule has 1 aliphatic rings. The molecule has 2 heterocycles. The van der Waals surface area contributed by atoms with Crippen molar-refractivity contribution < 1.29 is 9.59 Å². The average molecular weight is 326 g/mol. The zero-order chi connectivity index (χ0) is 17.3. The summed E-state index contributed by atoms with van der Waals surface area (Å²) in [6.45, 7) is 4.25. The molecular weight excluding hydrogens is 304 g/mol. The lowest BCUT2D eigenvalue weighted by Crippen LogP contribution is -2.37. The van der Waals surface area contributed by atoms with Crippen molar-refractivity contribution >= 4 is 23.2 Å². The van der Waals surface area contributed by atoms with Crippen molar-refractivity contribution in [3.05, 3.63) is 41.7 Å². The highest BCUT2D eigenvalue weighted by molar-refractivity contribution is 6.04. The molecule has 0 aliphatic carbocycles. The number of hydrogen-bond donors (Lipinski definition) is 1. The standard InChI is InChI=1S/C18H22N4O2/c1-4-13-9-14(21(3)20-13)10-17(23)22-11-12(2)18(24)19-15-7-5-6-8-16(15)22/h5-9,12H,4,10-11H2,1-3H3,(H,19,24). The molecule has 1 atom stereocenters. The minimum absolute atomic E-state index is 0.0311. The second-order valence-electron chi connectivity index (χ2n) is 6.19. The van der Waals surface area contributed by atoms with Gasteiger partial charge in [0.25, 0.3) is 0 Å². The highest BCUT2D eigenvalue weighted by Crippen LogP contribution is 2.30. The molecule has 1 aromatic carbocycles. The Bertz CT molecular complexity index is 781. The Morgan fingerprint density at radius 1 is 1.38 bits per heavy atom. The first-order chi connectivity index (χ1) is 11.5. The molecule has 0 saturated carbocycles. The summed E-state index contributed by atoms with van der Waals surface area (Å²) < 4.78 is 1.76. The van der Waals surface area contributed by atoms with E-state index in [0.29, 0.717) is 12.2 Å². The van der Waals surface area contributed by atoms with E-state index in [1.807, 2.05) is 51.2 Å². The molecule has 1 unspecified atom stereocenters. The van der Waals surface area contributed by atoms with Gasteiger partial charge < -0.3 is 10.2 Å². The number of aryl methyl sites for hydroxylation is 2. The van der Waals surface area contributed by atoms with Crippen LogP contribution in [-0.2, 0) is 29.5 Å². The van der Waals surface area contributed by atoms with E-state index in [9.17, 15) is 9.59 Å². The first-order valence-electron chi connectivity index (χ1n) is 8.21. The SMILES string of the molecule is CCc1cc(CC(=O)N2CC(C)C(=O)Nc3ccccc32)n(C)n1. The summed E-state index contributed by atoms with van der Waals surface area (Å²) in [6.07, 6.45) is 1.10. The van der Waals surface area contributed by atoms with E-state index in [1.165, 1.54) is 0 Å². The van der Waals surface area contributed by atoms with Gasteiger partial charge in [-0.05, 0) is 24.6 Å². The molecule has 2 amide bonds. The quantitative estimate of drug-likeness (QED) is 0.940. The molecule has 0 bridgehead atoms. The van der Waals surface area contributed by atoms with E-state index in [2.05, 4.69) is 10.4 Å². The molecule has 0 fully saturated rings. The third-order valence-corrected chi connectivity index (χ3v) is 4.38. The normalized spacial score (nSPS) is 17.2. The summed E-state index contributed by atoms with van der Waals surface area (Å²) in [5.41, 5.74) is 3.28. The van der Waals surface area contributed by atoms with E-state index in [0.717, 1.165) is 23.5 Å². The summed E-state index contributed by atoms with van der Waals surface area (Å²) >= 11 is 0. The van der Waals surface area contributed by atoms with Crippen LogP contribution in [0.4, 0.5) is 11.4 Å². The van der Waals surface area contributed by atoms with Crippen LogP contribution in [0.3, 0.4) is 0 Å². The molecular formula is C18H22N4O2. The van der Waals surface area contributed by atoms with Gasteiger partial charge in [0.15, 0.2) is 0 Å². The third-order valence-electron chi connectivity index (χ3n) is 4.38. The van der Waals surface area contributed by atoms with Crippen LogP contribution >= 0.6 is 0 Å². The van der Waals surface area contributed by atoms with Gasteiger partial charge in [0.05, 0.1) is 29.4 Å². The summed E-state index contributed by atoms with van der Waals surface area (Å²) in [7, 11) is 1.85. The van der Waals surface area contributed by atoms with Crippen LogP contribution in [0.5, 0.6) is 0 Å². The van der Waals surface area contributed by atoms with Crippen LogP contribution in [0.25, 0.3) is 0 Å². The number of hydrogen-bond acceptors (Lipinski definition) is 3. The van der Waals surface area contributed by atoms with Crippen molar-refractivity contribution in [2.24, 2.45) is 13.0 Å². The second-order valence-corrected chi connectivity index (χ2v) is 6.19. The van der Waals surface area contributed by atoms with Crippen LogP contribution in [0.2, 0.25) is 0 Å². The Morgan fingerprint density at radius 3 is 2.83 bits per heavy atom. The Morgan fingerprint density at radius 2 is 2.12 bits per heavy atom. The number of anilines is 2.